The third-order valence-corrected chi connectivity index (χ3v) is 4.57. The first-order valence-corrected chi connectivity index (χ1v) is 9.21. The van der Waals surface area contributed by atoms with E-state index in [2.05, 4.69) is 10.6 Å². The summed E-state index contributed by atoms with van der Waals surface area (Å²) >= 11 is 0. The Hall–Kier alpha value is -3.48. The number of amides is 2. The predicted octanol–water partition coefficient (Wildman–Crippen LogP) is 4.03. The second-order valence-electron chi connectivity index (χ2n) is 6.90. The molecule has 1 aliphatic rings. The maximum atomic E-state index is 13.9. The molecule has 0 bridgehead atoms. The zero-order valence-electron chi connectivity index (χ0n) is 15.4. The number of ether oxygens (including phenoxy) is 1. The van der Waals surface area contributed by atoms with Crippen LogP contribution in [0, 0.1) is 11.6 Å². The van der Waals surface area contributed by atoms with E-state index in [1.165, 1.54) is 0 Å². The molecule has 4 rings (SSSR count). The number of hydrogen-bond acceptors (Lipinski definition) is 3. The minimum absolute atomic E-state index is 0.145. The third kappa shape index (κ3) is 4.51. The minimum atomic E-state index is -0.884. The number of carbonyl (C=O) groups excluding carboxylic acids is 2. The number of fused-ring (bicyclic) bond motifs is 1. The standard InChI is InChI=1S/C22H18F2N2O3/c23-15-5-8-19(18(24)11-15)26-22(28)17-9-13-3-1-2-4-14(13)10-20(17)29-12-21(27)25-16-6-7-16/h1-5,8-11,16H,6-7,12H2,(H,25,27)(H,26,28). The summed E-state index contributed by atoms with van der Waals surface area (Å²) in [5, 5.41) is 6.85. The Morgan fingerprint density at radius 3 is 2.41 bits per heavy atom. The smallest absolute Gasteiger partial charge is 0.259 e. The van der Waals surface area contributed by atoms with Gasteiger partial charge in [-0.05, 0) is 47.9 Å². The van der Waals surface area contributed by atoms with Gasteiger partial charge in [-0.15, -0.1) is 0 Å². The zero-order valence-corrected chi connectivity index (χ0v) is 15.4. The van der Waals surface area contributed by atoms with Crippen molar-refractivity contribution in [2.75, 3.05) is 11.9 Å². The Balaban J connectivity index is 1.61. The second-order valence-corrected chi connectivity index (χ2v) is 6.90. The number of rotatable bonds is 6. The van der Waals surface area contributed by atoms with Crippen molar-refractivity contribution in [1.82, 2.24) is 5.32 Å². The zero-order chi connectivity index (χ0) is 20.4. The van der Waals surface area contributed by atoms with E-state index in [9.17, 15) is 18.4 Å². The second kappa shape index (κ2) is 7.87. The molecule has 3 aromatic rings. The van der Waals surface area contributed by atoms with Gasteiger partial charge in [0.25, 0.3) is 11.8 Å². The Bertz CT molecular complexity index is 1100. The number of benzene rings is 3. The SMILES string of the molecule is O=C(COc1cc2ccccc2cc1C(=O)Nc1ccc(F)cc1F)NC1CC1. The molecule has 0 spiro atoms. The molecule has 0 unspecified atom stereocenters. The highest BCUT2D eigenvalue weighted by atomic mass is 19.1. The van der Waals surface area contributed by atoms with Crippen LogP contribution < -0.4 is 15.4 Å². The summed E-state index contributed by atoms with van der Waals surface area (Å²) in [4.78, 5) is 24.8. The average Bonchev–Trinajstić information content (AvgIpc) is 3.51. The van der Waals surface area contributed by atoms with Crippen LogP contribution >= 0.6 is 0 Å². The molecule has 0 heterocycles. The van der Waals surface area contributed by atoms with Crippen LogP contribution in [0.5, 0.6) is 5.75 Å². The summed E-state index contributed by atoms with van der Waals surface area (Å²) in [6, 6.07) is 13.7. The van der Waals surface area contributed by atoms with Gasteiger partial charge in [-0.2, -0.15) is 0 Å². The van der Waals surface area contributed by atoms with Gasteiger partial charge in [0.2, 0.25) is 0 Å². The van der Waals surface area contributed by atoms with Crippen LogP contribution in [0.2, 0.25) is 0 Å². The number of nitrogens with one attached hydrogen (secondary N) is 2. The van der Waals surface area contributed by atoms with Crippen LogP contribution in [0.25, 0.3) is 10.8 Å². The highest BCUT2D eigenvalue weighted by Gasteiger charge is 2.24. The maximum absolute atomic E-state index is 13.9. The summed E-state index contributed by atoms with van der Waals surface area (Å²) in [6.07, 6.45) is 1.91. The normalized spacial score (nSPS) is 13.2. The fraction of sp³-hybridized carbons (Fsp3) is 0.182. The van der Waals surface area contributed by atoms with Crippen molar-refractivity contribution in [3.8, 4) is 5.75 Å². The van der Waals surface area contributed by atoms with E-state index in [0.717, 1.165) is 35.7 Å². The van der Waals surface area contributed by atoms with Gasteiger partial charge in [0, 0.05) is 12.1 Å². The van der Waals surface area contributed by atoms with Crippen LogP contribution in [0.1, 0.15) is 23.2 Å². The third-order valence-electron chi connectivity index (χ3n) is 4.57. The average molecular weight is 396 g/mol. The van der Waals surface area contributed by atoms with Gasteiger partial charge < -0.3 is 15.4 Å². The van der Waals surface area contributed by atoms with Crippen molar-refractivity contribution in [3.63, 3.8) is 0 Å². The minimum Gasteiger partial charge on any atom is -0.483 e. The number of anilines is 1. The van der Waals surface area contributed by atoms with Crippen molar-refractivity contribution in [1.29, 1.82) is 0 Å². The molecule has 29 heavy (non-hydrogen) atoms. The van der Waals surface area contributed by atoms with E-state index >= 15 is 0 Å². The molecule has 0 aromatic heterocycles. The first-order valence-electron chi connectivity index (χ1n) is 9.21. The molecule has 1 fully saturated rings. The number of carbonyl (C=O) groups is 2. The van der Waals surface area contributed by atoms with E-state index in [4.69, 9.17) is 4.74 Å². The highest BCUT2D eigenvalue weighted by Crippen LogP contribution is 2.28. The number of halogens is 2. The van der Waals surface area contributed by atoms with E-state index in [1.807, 2.05) is 24.3 Å². The molecule has 1 saturated carbocycles. The van der Waals surface area contributed by atoms with Crippen LogP contribution in [0.3, 0.4) is 0 Å². The van der Waals surface area contributed by atoms with Crippen molar-refractivity contribution >= 4 is 28.3 Å². The Morgan fingerprint density at radius 1 is 1.00 bits per heavy atom. The fourth-order valence-electron chi connectivity index (χ4n) is 2.94. The van der Waals surface area contributed by atoms with Crippen LogP contribution in [-0.4, -0.2) is 24.5 Å². The summed E-state index contributed by atoms with van der Waals surface area (Å²) in [6.45, 7) is -0.236. The molecule has 2 amide bonds. The molecule has 0 aliphatic heterocycles. The van der Waals surface area contributed by atoms with Crippen molar-refractivity contribution in [3.05, 3.63) is 71.8 Å². The summed E-state index contributed by atoms with van der Waals surface area (Å²) < 4.78 is 32.6. The van der Waals surface area contributed by atoms with Gasteiger partial charge in [0.05, 0.1) is 11.3 Å². The van der Waals surface area contributed by atoms with E-state index in [1.54, 1.807) is 12.1 Å². The quantitative estimate of drug-likeness (QED) is 0.661. The topological polar surface area (TPSA) is 67.4 Å². The van der Waals surface area contributed by atoms with Crippen molar-refractivity contribution in [2.24, 2.45) is 0 Å². The summed E-state index contributed by atoms with van der Waals surface area (Å²) in [5.74, 6) is -2.31. The van der Waals surface area contributed by atoms with Crippen LogP contribution in [0.15, 0.2) is 54.6 Å². The van der Waals surface area contributed by atoms with Crippen LogP contribution in [-0.2, 0) is 4.79 Å². The van der Waals surface area contributed by atoms with E-state index < -0.39 is 17.5 Å². The Kier molecular flexibility index (Phi) is 5.12. The van der Waals surface area contributed by atoms with Gasteiger partial charge >= 0.3 is 0 Å². The summed E-state index contributed by atoms with van der Waals surface area (Å²) in [7, 11) is 0. The molecular formula is C22H18F2N2O3. The lowest BCUT2D eigenvalue weighted by molar-refractivity contribution is -0.123. The Morgan fingerprint density at radius 2 is 1.72 bits per heavy atom. The molecule has 148 valence electrons. The molecule has 2 N–H and O–H groups in total. The number of hydrogen-bond donors (Lipinski definition) is 2. The molecule has 0 radical (unpaired) electrons. The molecule has 0 atom stereocenters. The first-order chi connectivity index (χ1) is 14.0. The largest absolute Gasteiger partial charge is 0.483 e. The fourth-order valence-corrected chi connectivity index (χ4v) is 2.94. The molecule has 7 heteroatoms. The molecular weight excluding hydrogens is 378 g/mol. The lowest BCUT2D eigenvalue weighted by atomic mass is 10.1. The van der Waals surface area contributed by atoms with Gasteiger partial charge in [-0.3, -0.25) is 9.59 Å². The Labute approximate surface area is 165 Å². The van der Waals surface area contributed by atoms with E-state index in [0.29, 0.717) is 6.07 Å². The lowest BCUT2D eigenvalue weighted by Gasteiger charge is -2.14. The van der Waals surface area contributed by atoms with Gasteiger partial charge in [0.15, 0.2) is 6.61 Å². The predicted molar refractivity (Wildman–Crippen MR) is 105 cm³/mol. The van der Waals surface area contributed by atoms with Gasteiger partial charge in [-0.1, -0.05) is 24.3 Å². The lowest BCUT2D eigenvalue weighted by Crippen LogP contribution is -2.30. The van der Waals surface area contributed by atoms with Crippen molar-refractivity contribution < 1.29 is 23.1 Å². The first kappa shape index (κ1) is 18.9. The highest BCUT2D eigenvalue weighted by molar-refractivity contribution is 6.08. The monoisotopic (exact) mass is 396 g/mol. The van der Waals surface area contributed by atoms with Crippen LogP contribution in [0.4, 0.5) is 14.5 Å². The maximum Gasteiger partial charge on any atom is 0.259 e. The molecule has 5 nitrogen and oxygen atoms in total. The van der Waals surface area contributed by atoms with Gasteiger partial charge in [-0.25, -0.2) is 8.78 Å². The van der Waals surface area contributed by atoms with Gasteiger partial charge in [0.1, 0.15) is 17.4 Å². The molecule has 3 aromatic carbocycles. The molecule has 0 saturated heterocycles. The van der Waals surface area contributed by atoms with Crippen molar-refractivity contribution in [2.45, 2.75) is 18.9 Å². The molecule has 1 aliphatic carbocycles. The van der Waals surface area contributed by atoms with E-state index in [-0.39, 0.29) is 35.6 Å². The summed E-state index contributed by atoms with van der Waals surface area (Å²) in [5.41, 5.74) is -0.00590.